The molecule has 0 bridgehead atoms. The number of hydrogen-bond donors (Lipinski definition) is 2. The summed E-state index contributed by atoms with van der Waals surface area (Å²) in [6.45, 7) is 0. The second-order valence-electron chi connectivity index (χ2n) is 3.70. The quantitative estimate of drug-likeness (QED) is 0.604. The topological polar surface area (TPSA) is 58.9 Å². The summed E-state index contributed by atoms with van der Waals surface area (Å²) >= 11 is 11.7. The number of halogens is 2. The first-order valence-electron chi connectivity index (χ1n) is 4.95. The molecule has 6 heteroatoms. The van der Waals surface area contributed by atoms with Crippen molar-refractivity contribution in [3.8, 4) is 34.5 Å². The Morgan fingerprint density at radius 1 is 0.667 bits per heavy atom. The number of hydrogen-bond acceptors (Lipinski definition) is 4. The predicted octanol–water partition coefficient (Wildman–Crippen LogP) is 4.30. The van der Waals surface area contributed by atoms with E-state index in [1.54, 1.807) is 0 Å². The number of phenols is 2. The Hall–Kier alpha value is -1.78. The molecule has 92 valence electrons. The van der Waals surface area contributed by atoms with E-state index in [4.69, 9.17) is 32.7 Å². The largest absolute Gasteiger partial charge is 0.504 e. The van der Waals surface area contributed by atoms with E-state index in [9.17, 15) is 10.2 Å². The van der Waals surface area contributed by atoms with Crippen LogP contribution in [-0.2, 0) is 0 Å². The predicted molar refractivity (Wildman–Crippen MR) is 66.4 cm³/mol. The third-order valence-electron chi connectivity index (χ3n) is 2.47. The summed E-state index contributed by atoms with van der Waals surface area (Å²) in [5.74, 6) is 0.776. The van der Waals surface area contributed by atoms with Crippen molar-refractivity contribution in [3.05, 3.63) is 34.3 Å². The van der Waals surface area contributed by atoms with E-state index in [0.29, 0.717) is 21.5 Å². The molecule has 1 aliphatic rings. The van der Waals surface area contributed by atoms with E-state index < -0.39 is 0 Å². The number of phenolic OH excluding ortho intramolecular Hbond substituents is 2. The average molecular weight is 285 g/mol. The van der Waals surface area contributed by atoms with Crippen LogP contribution < -0.4 is 9.47 Å². The van der Waals surface area contributed by atoms with Gasteiger partial charge in [-0.05, 0) is 0 Å². The van der Waals surface area contributed by atoms with Crippen molar-refractivity contribution in [2.75, 3.05) is 0 Å². The van der Waals surface area contributed by atoms with Gasteiger partial charge >= 0.3 is 0 Å². The summed E-state index contributed by atoms with van der Waals surface area (Å²) < 4.78 is 11.0. The Morgan fingerprint density at radius 2 is 1.00 bits per heavy atom. The third kappa shape index (κ3) is 1.70. The zero-order chi connectivity index (χ0) is 12.9. The molecule has 3 rings (SSSR count). The fourth-order valence-corrected chi connectivity index (χ4v) is 1.91. The molecule has 2 aromatic rings. The average Bonchev–Trinajstić information content (AvgIpc) is 2.31. The van der Waals surface area contributed by atoms with Gasteiger partial charge in [0.2, 0.25) is 0 Å². The Bertz CT molecular complexity index is 544. The summed E-state index contributed by atoms with van der Waals surface area (Å²) in [4.78, 5) is 0. The van der Waals surface area contributed by atoms with Crippen LogP contribution in [0.2, 0.25) is 10.0 Å². The van der Waals surface area contributed by atoms with Gasteiger partial charge in [-0.2, -0.15) is 0 Å². The first-order valence-corrected chi connectivity index (χ1v) is 5.71. The van der Waals surface area contributed by atoms with Crippen LogP contribution in [0, 0.1) is 0 Å². The monoisotopic (exact) mass is 284 g/mol. The summed E-state index contributed by atoms with van der Waals surface area (Å²) in [5.41, 5.74) is 0. The SMILES string of the molecule is Oc1cc2c(cc1O)Oc1cc(Cl)c(Cl)cc1O2. The van der Waals surface area contributed by atoms with E-state index in [1.165, 1.54) is 24.3 Å². The fraction of sp³-hybridized carbons (Fsp3) is 0. The molecule has 0 aromatic heterocycles. The Balaban J connectivity index is 2.12. The van der Waals surface area contributed by atoms with Gasteiger partial charge in [-0.3, -0.25) is 0 Å². The van der Waals surface area contributed by atoms with Crippen LogP contribution >= 0.6 is 23.2 Å². The molecule has 0 saturated heterocycles. The van der Waals surface area contributed by atoms with Crippen molar-refractivity contribution in [3.63, 3.8) is 0 Å². The summed E-state index contributed by atoms with van der Waals surface area (Å²) in [5, 5.41) is 19.5. The van der Waals surface area contributed by atoms with Crippen LogP contribution in [0.4, 0.5) is 0 Å². The molecule has 2 aromatic carbocycles. The zero-order valence-corrected chi connectivity index (χ0v) is 10.3. The molecule has 18 heavy (non-hydrogen) atoms. The van der Waals surface area contributed by atoms with Crippen LogP contribution in [0.25, 0.3) is 0 Å². The third-order valence-corrected chi connectivity index (χ3v) is 3.19. The van der Waals surface area contributed by atoms with Gasteiger partial charge in [0.05, 0.1) is 10.0 Å². The van der Waals surface area contributed by atoms with Crippen molar-refractivity contribution >= 4 is 23.2 Å². The first-order chi connectivity index (χ1) is 8.54. The molecule has 0 fully saturated rings. The maximum atomic E-state index is 9.39. The molecule has 0 unspecified atom stereocenters. The highest BCUT2D eigenvalue weighted by Gasteiger charge is 2.22. The molecule has 0 atom stereocenters. The lowest BCUT2D eigenvalue weighted by Crippen LogP contribution is -1.98. The fourth-order valence-electron chi connectivity index (χ4n) is 1.60. The number of benzene rings is 2. The van der Waals surface area contributed by atoms with Crippen molar-refractivity contribution in [1.29, 1.82) is 0 Å². The molecule has 1 heterocycles. The van der Waals surface area contributed by atoms with Crippen LogP contribution in [0.5, 0.6) is 34.5 Å². The van der Waals surface area contributed by atoms with Gasteiger partial charge in [-0.1, -0.05) is 23.2 Å². The van der Waals surface area contributed by atoms with Crippen LogP contribution in [0.3, 0.4) is 0 Å². The van der Waals surface area contributed by atoms with E-state index in [-0.39, 0.29) is 23.0 Å². The smallest absolute Gasteiger partial charge is 0.174 e. The Labute approximate surface area is 112 Å². The Morgan fingerprint density at radius 3 is 1.39 bits per heavy atom. The molecule has 4 nitrogen and oxygen atoms in total. The van der Waals surface area contributed by atoms with Crippen molar-refractivity contribution in [2.24, 2.45) is 0 Å². The molecular weight excluding hydrogens is 279 g/mol. The minimum atomic E-state index is -0.291. The second kappa shape index (κ2) is 3.86. The second-order valence-corrected chi connectivity index (χ2v) is 4.52. The minimum absolute atomic E-state index is 0.288. The number of fused-ring (bicyclic) bond motifs is 2. The van der Waals surface area contributed by atoms with E-state index >= 15 is 0 Å². The molecular formula is C12H6Cl2O4. The molecule has 0 amide bonds. The highest BCUT2D eigenvalue weighted by atomic mass is 35.5. The highest BCUT2D eigenvalue weighted by Crippen LogP contribution is 2.50. The van der Waals surface area contributed by atoms with Crippen LogP contribution in [-0.4, -0.2) is 10.2 Å². The van der Waals surface area contributed by atoms with Crippen molar-refractivity contribution < 1.29 is 19.7 Å². The number of ether oxygens (including phenoxy) is 2. The zero-order valence-electron chi connectivity index (χ0n) is 8.78. The normalized spacial score (nSPS) is 12.1. The molecule has 0 saturated carbocycles. The summed E-state index contributed by atoms with van der Waals surface area (Å²) in [7, 11) is 0. The van der Waals surface area contributed by atoms with Gasteiger partial charge < -0.3 is 19.7 Å². The molecule has 2 N–H and O–H groups in total. The molecule has 0 aliphatic carbocycles. The summed E-state index contributed by atoms with van der Waals surface area (Å²) in [6.07, 6.45) is 0. The molecule has 0 spiro atoms. The standard InChI is InChI=1S/C12H6Cl2O4/c13-5-1-9-10(2-6(5)14)18-12-4-8(16)7(15)3-11(12)17-9/h1-4,15-16H. The molecule has 0 radical (unpaired) electrons. The molecule has 1 aliphatic heterocycles. The first kappa shape index (κ1) is 11.3. The Kier molecular flexibility index (Phi) is 2.43. The highest BCUT2D eigenvalue weighted by molar-refractivity contribution is 6.42. The number of rotatable bonds is 0. The van der Waals surface area contributed by atoms with E-state index in [2.05, 4.69) is 0 Å². The number of aromatic hydroxyl groups is 2. The van der Waals surface area contributed by atoms with Gasteiger partial charge in [0, 0.05) is 24.3 Å². The van der Waals surface area contributed by atoms with Crippen LogP contribution in [0.1, 0.15) is 0 Å². The van der Waals surface area contributed by atoms with Gasteiger partial charge in [0.25, 0.3) is 0 Å². The lowest BCUT2D eigenvalue weighted by Gasteiger charge is -2.21. The van der Waals surface area contributed by atoms with Gasteiger partial charge in [-0.15, -0.1) is 0 Å². The van der Waals surface area contributed by atoms with E-state index in [1.807, 2.05) is 0 Å². The van der Waals surface area contributed by atoms with Crippen molar-refractivity contribution in [2.45, 2.75) is 0 Å². The van der Waals surface area contributed by atoms with Gasteiger partial charge in [0.1, 0.15) is 0 Å². The van der Waals surface area contributed by atoms with Crippen LogP contribution in [0.15, 0.2) is 24.3 Å². The lowest BCUT2D eigenvalue weighted by atomic mass is 10.2. The van der Waals surface area contributed by atoms with Gasteiger partial charge in [0.15, 0.2) is 34.5 Å². The minimum Gasteiger partial charge on any atom is -0.504 e. The summed E-state index contributed by atoms with van der Waals surface area (Å²) in [6, 6.07) is 5.56. The van der Waals surface area contributed by atoms with Gasteiger partial charge in [-0.25, -0.2) is 0 Å². The van der Waals surface area contributed by atoms with E-state index in [0.717, 1.165) is 0 Å². The van der Waals surface area contributed by atoms with Crippen molar-refractivity contribution in [1.82, 2.24) is 0 Å². The lowest BCUT2D eigenvalue weighted by molar-refractivity contribution is 0.346. The maximum absolute atomic E-state index is 9.39. The maximum Gasteiger partial charge on any atom is 0.174 e.